The number of carbonyl (C=O) groups is 2. The molecule has 0 radical (unpaired) electrons. The van der Waals surface area contributed by atoms with Crippen molar-refractivity contribution in [3.63, 3.8) is 0 Å². The van der Waals surface area contributed by atoms with E-state index in [0.717, 1.165) is 18.3 Å². The van der Waals surface area contributed by atoms with Gasteiger partial charge in [-0.15, -0.1) is 0 Å². The number of carbonyl (C=O) groups excluding carboxylic acids is 2. The molecule has 2 aliphatic rings. The van der Waals surface area contributed by atoms with E-state index in [9.17, 15) is 32.7 Å². The van der Waals surface area contributed by atoms with Gasteiger partial charge >= 0.3 is 0 Å². The Hall–Kier alpha value is -3.30. The van der Waals surface area contributed by atoms with E-state index in [4.69, 9.17) is 0 Å². The maximum Gasteiger partial charge on any atom is 0.274 e. The Kier molecular flexibility index (Phi) is 5.24. The quantitative estimate of drug-likeness (QED) is 0.774. The van der Waals surface area contributed by atoms with Crippen LogP contribution in [0.25, 0.3) is 0 Å². The van der Waals surface area contributed by atoms with E-state index < -0.39 is 58.9 Å². The summed E-state index contributed by atoms with van der Waals surface area (Å²) in [4.78, 5) is 39.2. The average Bonchev–Trinajstić information content (AvgIpc) is 2.87. The van der Waals surface area contributed by atoms with E-state index in [1.165, 1.54) is 16.4 Å². The van der Waals surface area contributed by atoms with Gasteiger partial charge in [-0.1, -0.05) is 0 Å². The van der Waals surface area contributed by atoms with E-state index in [-0.39, 0.29) is 37.2 Å². The molecular formula is C21H20F3N3O4. The number of hydrogen-bond donors (Lipinski definition) is 2. The van der Waals surface area contributed by atoms with Gasteiger partial charge in [0.05, 0.1) is 6.04 Å². The summed E-state index contributed by atoms with van der Waals surface area (Å²) >= 11 is 0. The number of aromatic hydroxyl groups is 1. The lowest BCUT2D eigenvalue weighted by molar-refractivity contribution is 0.0677. The smallest absolute Gasteiger partial charge is 0.274 e. The average molecular weight is 435 g/mol. The normalized spacial score (nSPS) is 20.3. The third kappa shape index (κ3) is 3.66. The Morgan fingerprint density at radius 3 is 2.61 bits per heavy atom. The first-order valence-corrected chi connectivity index (χ1v) is 9.81. The highest BCUT2D eigenvalue weighted by Gasteiger charge is 2.38. The summed E-state index contributed by atoms with van der Waals surface area (Å²) < 4.78 is 43.4. The minimum Gasteiger partial charge on any atom is -0.503 e. The number of pyridine rings is 1. The van der Waals surface area contributed by atoms with Crippen molar-refractivity contribution in [1.82, 2.24) is 14.8 Å². The van der Waals surface area contributed by atoms with E-state index in [2.05, 4.69) is 5.32 Å². The van der Waals surface area contributed by atoms with Crippen molar-refractivity contribution >= 4 is 11.8 Å². The van der Waals surface area contributed by atoms with Crippen LogP contribution in [0.1, 0.15) is 50.9 Å². The van der Waals surface area contributed by atoms with Crippen LogP contribution in [0.15, 0.2) is 23.1 Å². The summed E-state index contributed by atoms with van der Waals surface area (Å²) in [5, 5.41) is 12.7. The summed E-state index contributed by atoms with van der Waals surface area (Å²) in [7, 11) is 0. The Morgan fingerprint density at radius 2 is 1.94 bits per heavy atom. The van der Waals surface area contributed by atoms with Crippen LogP contribution in [0.5, 0.6) is 5.75 Å². The molecule has 3 heterocycles. The number of alkyl halides is 1. The topological polar surface area (TPSA) is 91.6 Å². The van der Waals surface area contributed by atoms with Gasteiger partial charge in [0, 0.05) is 37.8 Å². The largest absolute Gasteiger partial charge is 0.503 e. The number of halogens is 3. The Labute approximate surface area is 175 Å². The molecule has 164 valence electrons. The van der Waals surface area contributed by atoms with Crippen molar-refractivity contribution in [2.45, 2.75) is 38.5 Å². The zero-order valence-electron chi connectivity index (χ0n) is 16.6. The molecule has 0 unspecified atom stereocenters. The van der Waals surface area contributed by atoms with E-state index in [1.54, 1.807) is 0 Å². The molecule has 1 saturated heterocycles. The molecule has 1 aromatic heterocycles. The highest BCUT2D eigenvalue weighted by atomic mass is 19.1. The van der Waals surface area contributed by atoms with Gasteiger partial charge in [-0.3, -0.25) is 14.4 Å². The summed E-state index contributed by atoms with van der Waals surface area (Å²) in [5.74, 6) is -4.19. The van der Waals surface area contributed by atoms with Gasteiger partial charge in [0.2, 0.25) is 5.43 Å². The Balaban J connectivity index is 1.68. The maximum atomic E-state index is 14.1. The first-order valence-electron chi connectivity index (χ1n) is 9.81. The first-order chi connectivity index (χ1) is 14.7. The highest BCUT2D eigenvalue weighted by Crippen LogP contribution is 2.32. The predicted molar refractivity (Wildman–Crippen MR) is 104 cm³/mol. The second kappa shape index (κ2) is 7.75. The molecule has 1 aromatic carbocycles. The number of nitrogens with zero attached hydrogens (tertiary/aromatic N) is 2. The fraction of sp³-hybridized carbons (Fsp3) is 0.381. The number of fused-ring (bicyclic) bond motifs is 4. The minimum atomic E-state index is -1.18. The maximum absolute atomic E-state index is 14.1. The fourth-order valence-electron chi connectivity index (χ4n) is 4.11. The first kappa shape index (κ1) is 21.0. The Bertz CT molecular complexity index is 1120. The van der Waals surface area contributed by atoms with Crippen molar-refractivity contribution in [2.24, 2.45) is 0 Å². The van der Waals surface area contributed by atoms with Crippen molar-refractivity contribution in [3.05, 3.63) is 62.6 Å². The van der Waals surface area contributed by atoms with Gasteiger partial charge in [-0.05, 0) is 31.0 Å². The molecule has 7 nitrogen and oxygen atoms in total. The number of hydrogen-bond acceptors (Lipinski definition) is 4. The standard InChI is InChI=1S/C21H20F3N3O4/c1-10-4-15(23)13(16(24)5-10)7-25-20(30)14-9-27-12-6-11(22)2-3-26(8-12)21(31)17(27)19(29)18(14)28/h4-5,9,11-12,29H,2-3,6-8H2,1H3,(H,25,30)/t11-,12-/m0/s1. The van der Waals surface area contributed by atoms with E-state index >= 15 is 0 Å². The molecule has 2 atom stereocenters. The molecule has 0 spiro atoms. The molecule has 2 aliphatic heterocycles. The molecule has 10 heteroatoms. The molecule has 2 bridgehead atoms. The van der Waals surface area contributed by atoms with Crippen LogP contribution in [-0.2, 0) is 6.54 Å². The van der Waals surface area contributed by atoms with Crippen LogP contribution in [0.3, 0.4) is 0 Å². The molecule has 4 rings (SSSR count). The highest BCUT2D eigenvalue weighted by molar-refractivity contribution is 5.99. The summed E-state index contributed by atoms with van der Waals surface area (Å²) in [6.45, 7) is 1.35. The van der Waals surface area contributed by atoms with Gasteiger partial charge in [0.15, 0.2) is 11.4 Å². The third-order valence-electron chi connectivity index (χ3n) is 5.72. The number of nitrogens with one attached hydrogen (secondary N) is 1. The molecule has 2 aromatic rings. The van der Waals surface area contributed by atoms with E-state index in [0.29, 0.717) is 5.56 Å². The monoisotopic (exact) mass is 435 g/mol. The zero-order chi connectivity index (χ0) is 22.4. The number of aryl methyl sites for hydroxylation is 1. The number of benzene rings is 1. The van der Waals surface area contributed by atoms with Gasteiger partial charge in [0.1, 0.15) is 23.4 Å². The zero-order valence-corrected chi connectivity index (χ0v) is 16.6. The lowest BCUT2D eigenvalue weighted by atomic mass is 10.0. The molecule has 0 saturated carbocycles. The lowest BCUT2D eigenvalue weighted by Gasteiger charge is -2.34. The lowest BCUT2D eigenvalue weighted by Crippen LogP contribution is -2.44. The SMILES string of the molecule is Cc1cc(F)c(CNC(=O)c2cn3c(c(O)c2=O)C(=O)N2CC[C@H](F)C[C@H]3C2)c(F)c1. The van der Waals surface area contributed by atoms with Crippen molar-refractivity contribution in [2.75, 3.05) is 13.1 Å². The molecule has 2 amide bonds. The second-order valence-corrected chi connectivity index (χ2v) is 7.89. The van der Waals surface area contributed by atoms with Crippen molar-refractivity contribution < 1.29 is 27.9 Å². The van der Waals surface area contributed by atoms with Gasteiger partial charge in [-0.25, -0.2) is 13.2 Å². The van der Waals surface area contributed by atoms with Crippen molar-refractivity contribution in [1.29, 1.82) is 0 Å². The minimum absolute atomic E-state index is 0.0555. The van der Waals surface area contributed by atoms with E-state index in [1.807, 2.05) is 0 Å². The summed E-state index contributed by atoms with van der Waals surface area (Å²) in [5.41, 5.74) is -1.89. The van der Waals surface area contributed by atoms with Crippen molar-refractivity contribution in [3.8, 4) is 5.75 Å². The molecule has 2 N–H and O–H groups in total. The van der Waals surface area contributed by atoms with Crippen LogP contribution in [0.4, 0.5) is 13.2 Å². The number of aromatic nitrogens is 1. The summed E-state index contributed by atoms with van der Waals surface area (Å²) in [6, 6.07) is 1.66. The van der Waals surface area contributed by atoms with Crippen LogP contribution < -0.4 is 10.7 Å². The van der Waals surface area contributed by atoms with Gasteiger partial charge in [-0.2, -0.15) is 0 Å². The van der Waals surface area contributed by atoms with Gasteiger partial charge in [0.25, 0.3) is 11.8 Å². The molecule has 1 fully saturated rings. The number of rotatable bonds is 3. The third-order valence-corrected chi connectivity index (χ3v) is 5.72. The molecular weight excluding hydrogens is 415 g/mol. The van der Waals surface area contributed by atoms with Crippen LogP contribution in [-0.4, -0.2) is 45.6 Å². The number of amides is 2. The van der Waals surface area contributed by atoms with Crippen LogP contribution in [0, 0.1) is 18.6 Å². The molecule has 31 heavy (non-hydrogen) atoms. The van der Waals surface area contributed by atoms with Crippen LogP contribution >= 0.6 is 0 Å². The second-order valence-electron chi connectivity index (χ2n) is 7.89. The Morgan fingerprint density at radius 1 is 1.26 bits per heavy atom. The van der Waals surface area contributed by atoms with Gasteiger partial charge < -0.3 is 19.9 Å². The summed E-state index contributed by atoms with van der Waals surface area (Å²) in [6.07, 6.45) is 0.120. The van der Waals surface area contributed by atoms with Crippen LogP contribution in [0.2, 0.25) is 0 Å². The molecule has 0 aliphatic carbocycles. The predicted octanol–water partition coefficient (Wildman–Crippen LogP) is 2.20. The fourth-order valence-corrected chi connectivity index (χ4v) is 4.11.